The van der Waals surface area contributed by atoms with Gasteiger partial charge in [0.1, 0.15) is 5.75 Å². The molecule has 1 rings (SSSR count). The number of ether oxygens (including phenoxy) is 1. The highest BCUT2D eigenvalue weighted by Crippen LogP contribution is 2.25. The molecular weight excluding hydrogens is 160 g/mol. The third kappa shape index (κ3) is 1.84. The van der Waals surface area contributed by atoms with Crippen LogP contribution in [-0.4, -0.2) is 7.11 Å². The lowest BCUT2D eigenvalue weighted by Crippen LogP contribution is -1.96. The summed E-state index contributed by atoms with van der Waals surface area (Å²) >= 11 is 0. The van der Waals surface area contributed by atoms with E-state index in [4.69, 9.17) is 11.2 Å². The minimum absolute atomic E-state index is 0.765. The maximum atomic E-state index is 5.42. The zero-order chi connectivity index (χ0) is 9.84. The van der Waals surface area contributed by atoms with Crippen LogP contribution in [0.5, 0.6) is 5.75 Å². The fraction of sp³-hybridized carbons (Fsp3) is 0.250. The van der Waals surface area contributed by atoms with Crippen molar-refractivity contribution < 1.29 is 4.74 Å². The molecule has 0 amide bonds. The molecule has 1 aromatic carbocycles. The molecule has 0 saturated heterocycles. The standard InChI is InChI=1S/C12H13O/c1-5-10-11(9(2)3)7-6-8-12(10)13-4/h1,6-8H,2-4H3. The van der Waals surface area contributed by atoms with E-state index < -0.39 is 0 Å². The SMILES string of the molecule is C#Cc1c(OC)cccc1[C](C)C. The van der Waals surface area contributed by atoms with Crippen LogP contribution in [0.15, 0.2) is 18.2 Å². The first-order chi connectivity index (χ1) is 6.20. The summed E-state index contributed by atoms with van der Waals surface area (Å²) < 4.78 is 5.17. The summed E-state index contributed by atoms with van der Waals surface area (Å²) in [6.07, 6.45) is 5.42. The van der Waals surface area contributed by atoms with E-state index in [0.717, 1.165) is 16.9 Å². The van der Waals surface area contributed by atoms with Crippen molar-refractivity contribution in [1.82, 2.24) is 0 Å². The van der Waals surface area contributed by atoms with Gasteiger partial charge in [0.25, 0.3) is 0 Å². The quantitative estimate of drug-likeness (QED) is 0.625. The molecule has 67 valence electrons. The molecule has 0 atom stereocenters. The van der Waals surface area contributed by atoms with E-state index in [0.29, 0.717) is 0 Å². The third-order valence-corrected chi connectivity index (χ3v) is 1.93. The van der Waals surface area contributed by atoms with Crippen LogP contribution in [0, 0.1) is 18.3 Å². The lowest BCUT2D eigenvalue weighted by molar-refractivity contribution is 0.413. The van der Waals surface area contributed by atoms with Gasteiger partial charge >= 0.3 is 0 Å². The summed E-state index contributed by atoms with van der Waals surface area (Å²) in [6, 6.07) is 5.83. The van der Waals surface area contributed by atoms with Gasteiger partial charge in [-0.2, -0.15) is 0 Å². The molecule has 1 radical (unpaired) electrons. The maximum Gasteiger partial charge on any atom is 0.134 e. The molecule has 1 nitrogen and oxygen atoms in total. The second kappa shape index (κ2) is 4.00. The van der Waals surface area contributed by atoms with E-state index in [1.807, 2.05) is 32.0 Å². The highest BCUT2D eigenvalue weighted by molar-refractivity contribution is 5.54. The van der Waals surface area contributed by atoms with Crippen LogP contribution < -0.4 is 4.74 Å². The lowest BCUT2D eigenvalue weighted by atomic mass is 9.97. The molecule has 0 saturated carbocycles. The Morgan fingerprint density at radius 3 is 2.54 bits per heavy atom. The van der Waals surface area contributed by atoms with Gasteiger partial charge in [0, 0.05) is 5.92 Å². The molecular formula is C12H13O. The number of terminal acetylenes is 1. The first kappa shape index (κ1) is 9.67. The van der Waals surface area contributed by atoms with Crippen LogP contribution in [0.3, 0.4) is 0 Å². The van der Waals surface area contributed by atoms with Crippen molar-refractivity contribution in [3.8, 4) is 18.1 Å². The maximum absolute atomic E-state index is 5.42. The third-order valence-electron chi connectivity index (χ3n) is 1.93. The van der Waals surface area contributed by atoms with Crippen LogP contribution in [0.2, 0.25) is 0 Å². The van der Waals surface area contributed by atoms with Crippen LogP contribution in [0.1, 0.15) is 25.0 Å². The average molecular weight is 173 g/mol. The Bertz CT molecular complexity index is 331. The molecule has 0 N–H and O–H groups in total. The number of hydrogen-bond acceptors (Lipinski definition) is 1. The second-order valence-corrected chi connectivity index (χ2v) is 3.03. The van der Waals surface area contributed by atoms with Crippen molar-refractivity contribution in [3.63, 3.8) is 0 Å². The van der Waals surface area contributed by atoms with Crippen molar-refractivity contribution in [2.75, 3.05) is 7.11 Å². The Morgan fingerprint density at radius 1 is 1.38 bits per heavy atom. The molecule has 1 aromatic rings. The molecule has 0 fully saturated rings. The van der Waals surface area contributed by atoms with Gasteiger partial charge in [-0.1, -0.05) is 31.9 Å². The smallest absolute Gasteiger partial charge is 0.134 e. The Balaban J connectivity index is 3.29. The lowest BCUT2D eigenvalue weighted by Gasteiger charge is -2.11. The van der Waals surface area contributed by atoms with Gasteiger partial charge in [-0.15, -0.1) is 6.42 Å². The predicted molar refractivity (Wildman–Crippen MR) is 54.6 cm³/mol. The van der Waals surface area contributed by atoms with E-state index in [9.17, 15) is 0 Å². The zero-order valence-corrected chi connectivity index (χ0v) is 8.22. The Hall–Kier alpha value is -1.42. The summed E-state index contributed by atoms with van der Waals surface area (Å²) in [5, 5.41) is 0. The molecule has 0 unspecified atom stereocenters. The number of hydrogen-bond donors (Lipinski definition) is 0. The summed E-state index contributed by atoms with van der Waals surface area (Å²) in [7, 11) is 1.63. The van der Waals surface area contributed by atoms with E-state index >= 15 is 0 Å². The largest absolute Gasteiger partial charge is 0.495 e. The summed E-state index contributed by atoms with van der Waals surface area (Å²) in [5.41, 5.74) is 1.92. The van der Waals surface area contributed by atoms with Crippen molar-refractivity contribution >= 4 is 0 Å². The molecule has 13 heavy (non-hydrogen) atoms. The van der Waals surface area contributed by atoms with E-state index in [-0.39, 0.29) is 0 Å². The summed E-state index contributed by atoms with van der Waals surface area (Å²) in [4.78, 5) is 0. The highest BCUT2D eigenvalue weighted by atomic mass is 16.5. The normalized spacial score (nSPS) is 9.77. The number of benzene rings is 1. The highest BCUT2D eigenvalue weighted by Gasteiger charge is 2.09. The molecule has 1 heteroatoms. The average Bonchev–Trinajstić information content (AvgIpc) is 2.16. The van der Waals surface area contributed by atoms with E-state index in [2.05, 4.69) is 5.92 Å². The molecule has 0 aromatic heterocycles. The van der Waals surface area contributed by atoms with E-state index in [1.54, 1.807) is 7.11 Å². The van der Waals surface area contributed by atoms with Crippen LogP contribution >= 0.6 is 0 Å². The Labute approximate surface area is 79.7 Å². The number of rotatable bonds is 2. The zero-order valence-electron chi connectivity index (χ0n) is 8.22. The van der Waals surface area contributed by atoms with Gasteiger partial charge in [-0.25, -0.2) is 0 Å². The van der Waals surface area contributed by atoms with Crippen LogP contribution in [0.4, 0.5) is 0 Å². The van der Waals surface area contributed by atoms with Crippen molar-refractivity contribution in [1.29, 1.82) is 0 Å². The fourth-order valence-corrected chi connectivity index (χ4v) is 1.27. The number of methoxy groups -OCH3 is 1. The van der Waals surface area contributed by atoms with Gasteiger partial charge < -0.3 is 4.74 Å². The fourth-order valence-electron chi connectivity index (χ4n) is 1.27. The topological polar surface area (TPSA) is 9.23 Å². The van der Waals surface area contributed by atoms with Gasteiger partial charge in [-0.05, 0) is 11.6 Å². The Kier molecular flexibility index (Phi) is 2.97. The minimum atomic E-state index is 0.765. The van der Waals surface area contributed by atoms with E-state index in [1.165, 1.54) is 5.92 Å². The molecule has 0 aliphatic heterocycles. The second-order valence-electron chi connectivity index (χ2n) is 3.03. The Morgan fingerprint density at radius 2 is 2.08 bits per heavy atom. The molecule has 0 bridgehead atoms. The van der Waals surface area contributed by atoms with Crippen molar-refractivity contribution in [2.24, 2.45) is 0 Å². The van der Waals surface area contributed by atoms with Gasteiger partial charge in [0.15, 0.2) is 0 Å². The monoisotopic (exact) mass is 173 g/mol. The molecule has 0 heterocycles. The summed E-state index contributed by atoms with van der Waals surface area (Å²) in [5.74, 6) is 4.62. The molecule has 0 aliphatic rings. The van der Waals surface area contributed by atoms with Gasteiger partial charge in [0.2, 0.25) is 0 Å². The van der Waals surface area contributed by atoms with Crippen LogP contribution in [-0.2, 0) is 0 Å². The minimum Gasteiger partial charge on any atom is -0.495 e. The first-order valence-corrected chi connectivity index (χ1v) is 4.15. The first-order valence-electron chi connectivity index (χ1n) is 4.15. The molecule has 0 aliphatic carbocycles. The summed E-state index contributed by atoms with van der Waals surface area (Å²) in [6.45, 7) is 4.07. The van der Waals surface area contributed by atoms with Crippen molar-refractivity contribution in [2.45, 2.75) is 13.8 Å². The van der Waals surface area contributed by atoms with Crippen LogP contribution in [0.25, 0.3) is 0 Å². The van der Waals surface area contributed by atoms with Gasteiger partial charge in [-0.3, -0.25) is 0 Å². The predicted octanol–water partition coefficient (Wildman–Crippen LogP) is 2.64. The van der Waals surface area contributed by atoms with Gasteiger partial charge in [0.05, 0.1) is 12.7 Å². The molecule has 0 spiro atoms. The van der Waals surface area contributed by atoms with Crippen molar-refractivity contribution in [3.05, 3.63) is 35.2 Å².